The quantitative estimate of drug-likeness (QED) is 0.411. The molecule has 0 saturated carbocycles. The van der Waals surface area contributed by atoms with Gasteiger partial charge >= 0.3 is 0 Å². The zero-order chi connectivity index (χ0) is 23.7. The van der Waals surface area contributed by atoms with Crippen LogP contribution in [0.15, 0.2) is 42.7 Å². The summed E-state index contributed by atoms with van der Waals surface area (Å²) < 4.78 is 27.4. The molecule has 1 unspecified atom stereocenters. The van der Waals surface area contributed by atoms with Crippen LogP contribution in [0.5, 0.6) is 5.88 Å². The van der Waals surface area contributed by atoms with E-state index >= 15 is 0 Å². The van der Waals surface area contributed by atoms with E-state index in [1.807, 2.05) is 23.7 Å². The molecule has 3 aromatic heterocycles. The van der Waals surface area contributed by atoms with Crippen LogP contribution in [-0.4, -0.2) is 44.7 Å². The van der Waals surface area contributed by atoms with Crippen molar-refractivity contribution in [1.29, 1.82) is 0 Å². The number of aryl methyl sites for hydroxylation is 1. The molecule has 1 aliphatic heterocycles. The van der Waals surface area contributed by atoms with Gasteiger partial charge in [-0.15, -0.1) is 0 Å². The van der Waals surface area contributed by atoms with Crippen molar-refractivity contribution in [2.45, 2.75) is 32.4 Å². The number of hydrogen-bond donors (Lipinski definition) is 2. The van der Waals surface area contributed by atoms with Crippen LogP contribution in [-0.2, 0) is 4.74 Å². The minimum absolute atomic E-state index is 0.0665. The Bertz CT molecular complexity index is 1330. The number of fused-ring (bicyclic) bond motifs is 1. The second-order valence-corrected chi connectivity index (χ2v) is 8.35. The highest BCUT2D eigenvalue weighted by Gasteiger charge is 2.21. The van der Waals surface area contributed by atoms with Crippen LogP contribution in [0.3, 0.4) is 0 Å². The molecule has 1 aliphatic rings. The lowest BCUT2D eigenvalue weighted by molar-refractivity contribution is -0.0370. The molecule has 34 heavy (non-hydrogen) atoms. The number of pyridine rings is 2. The molecule has 0 spiro atoms. The van der Waals surface area contributed by atoms with Crippen LogP contribution < -0.4 is 10.5 Å². The Morgan fingerprint density at radius 3 is 2.91 bits per heavy atom. The number of hydrogen-bond acceptors (Lipinski definition) is 7. The lowest BCUT2D eigenvalue weighted by Gasteiger charge is -2.23. The zero-order valence-electron chi connectivity index (χ0n) is 18.9. The van der Waals surface area contributed by atoms with Crippen LogP contribution in [0.2, 0.25) is 0 Å². The largest absolute Gasteiger partial charge is 0.475 e. The van der Waals surface area contributed by atoms with E-state index in [0.717, 1.165) is 52.5 Å². The average molecular weight is 464 g/mol. The Morgan fingerprint density at radius 2 is 2.12 bits per heavy atom. The molecular formula is C25H26FN5O3. The maximum absolute atomic E-state index is 14.0. The Balaban J connectivity index is 1.64. The van der Waals surface area contributed by atoms with Crippen molar-refractivity contribution in [1.82, 2.24) is 19.7 Å². The fourth-order valence-corrected chi connectivity index (χ4v) is 4.32. The maximum atomic E-state index is 14.0. The van der Waals surface area contributed by atoms with E-state index in [1.165, 1.54) is 6.07 Å². The number of nitrogens with two attached hydrogens (primary N) is 1. The summed E-state index contributed by atoms with van der Waals surface area (Å²) in [6, 6.07) is 8.58. The summed E-state index contributed by atoms with van der Waals surface area (Å²) in [5.74, 6) is -0.114. The number of benzene rings is 1. The lowest BCUT2D eigenvalue weighted by Crippen LogP contribution is -2.19. The first-order valence-corrected chi connectivity index (χ1v) is 11.3. The van der Waals surface area contributed by atoms with E-state index in [0.29, 0.717) is 18.2 Å². The molecule has 0 bridgehead atoms. The predicted molar refractivity (Wildman–Crippen MR) is 127 cm³/mol. The Hall–Kier alpha value is -3.56. The van der Waals surface area contributed by atoms with Gasteiger partial charge in [0.05, 0.1) is 24.2 Å². The first-order chi connectivity index (χ1) is 16.5. The molecular weight excluding hydrogens is 437 g/mol. The molecule has 1 aromatic carbocycles. The summed E-state index contributed by atoms with van der Waals surface area (Å²) in [5.41, 5.74) is 10.4. The third-order valence-corrected chi connectivity index (χ3v) is 6.00. The minimum Gasteiger partial charge on any atom is -0.475 e. The fraction of sp³-hybridized carbons (Fsp3) is 0.320. The topological polar surface area (TPSA) is 108 Å². The van der Waals surface area contributed by atoms with Gasteiger partial charge < -0.3 is 20.3 Å². The molecule has 4 aromatic rings. The van der Waals surface area contributed by atoms with Gasteiger partial charge in [-0.1, -0.05) is 0 Å². The van der Waals surface area contributed by atoms with Crippen molar-refractivity contribution in [2.24, 2.45) is 0 Å². The van der Waals surface area contributed by atoms with Gasteiger partial charge in [0.25, 0.3) is 0 Å². The molecule has 176 valence electrons. The molecule has 3 N–H and O–H groups in total. The van der Waals surface area contributed by atoms with E-state index in [9.17, 15) is 9.50 Å². The van der Waals surface area contributed by atoms with E-state index in [-0.39, 0.29) is 25.1 Å². The van der Waals surface area contributed by atoms with E-state index in [1.54, 1.807) is 24.5 Å². The smallest absolute Gasteiger partial charge is 0.214 e. The fourth-order valence-electron chi connectivity index (χ4n) is 4.32. The van der Waals surface area contributed by atoms with Gasteiger partial charge in [0.2, 0.25) is 5.88 Å². The summed E-state index contributed by atoms with van der Waals surface area (Å²) in [6.07, 6.45) is 6.39. The Kier molecular flexibility index (Phi) is 6.12. The van der Waals surface area contributed by atoms with Gasteiger partial charge in [0, 0.05) is 29.8 Å². The Morgan fingerprint density at radius 1 is 1.24 bits per heavy atom. The van der Waals surface area contributed by atoms with Gasteiger partial charge in [0.15, 0.2) is 11.9 Å². The number of ether oxygens (including phenoxy) is 2. The highest BCUT2D eigenvalue weighted by molar-refractivity contribution is 5.92. The van der Waals surface area contributed by atoms with Crippen molar-refractivity contribution >= 4 is 16.7 Å². The van der Waals surface area contributed by atoms with Crippen LogP contribution >= 0.6 is 0 Å². The third-order valence-electron chi connectivity index (χ3n) is 6.00. The molecule has 1 saturated heterocycles. The number of nitrogen functional groups attached to an aromatic ring is 1. The van der Waals surface area contributed by atoms with Gasteiger partial charge in [0.1, 0.15) is 12.4 Å². The molecule has 1 atom stereocenters. The van der Waals surface area contributed by atoms with E-state index < -0.39 is 5.82 Å². The minimum atomic E-state index is -0.458. The monoisotopic (exact) mass is 463 g/mol. The number of aromatic nitrogens is 4. The number of halogens is 1. The number of anilines is 1. The molecule has 4 heterocycles. The highest BCUT2D eigenvalue weighted by atomic mass is 19.1. The summed E-state index contributed by atoms with van der Waals surface area (Å²) >= 11 is 0. The summed E-state index contributed by atoms with van der Waals surface area (Å²) in [7, 11) is 0. The second-order valence-electron chi connectivity index (χ2n) is 8.35. The molecule has 0 radical (unpaired) electrons. The average Bonchev–Trinajstić information content (AvgIpc) is 3.29. The molecule has 8 nitrogen and oxygen atoms in total. The SMILES string of the molecule is Cc1cc(F)c(N)cc1-c1cc(OCCO)nc(-c2ccnc3c2cnn3C2CCCCO2)c1. The van der Waals surface area contributed by atoms with Crippen molar-refractivity contribution in [3.05, 3.63) is 54.1 Å². The molecule has 0 aliphatic carbocycles. The molecule has 9 heteroatoms. The molecule has 1 fully saturated rings. The van der Waals surface area contributed by atoms with Crippen LogP contribution in [0.25, 0.3) is 33.4 Å². The normalized spacial score (nSPS) is 16.1. The van der Waals surface area contributed by atoms with E-state index in [2.05, 4.69) is 15.1 Å². The van der Waals surface area contributed by atoms with Crippen molar-refractivity contribution in [2.75, 3.05) is 25.6 Å². The first-order valence-electron chi connectivity index (χ1n) is 11.3. The highest BCUT2D eigenvalue weighted by Crippen LogP contribution is 2.35. The summed E-state index contributed by atoms with van der Waals surface area (Å²) in [6.45, 7) is 2.49. The molecule has 0 amide bonds. The predicted octanol–water partition coefficient (Wildman–Crippen LogP) is 4.26. The van der Waals surface area contributed by atoms with Gasteiger partial charge in [-0.25, -0.2) is 19.0 Å². The maximum Gasteiger partial charge on any atom is 0.214 e. The van der Waals surface area contributed by atoms with Crippen molar-refractivity contribution < 1.29 is 19.0 Å². The van der Waals surface area contributed by atoms with Crippen LogP contribution in [0.1, 0.15) is 31.1 Å². The number of nitrogens with zero attached hydrogens (tertiary/aromatic N) is 4. The first kappa shape index (κ1) is 22.2. The second kappa shape index (κ2) is 9.36. The number of aliphatic hydroxyl groups excluding tert-OH is 1. The van der Waals surface area contributed by atoms with Crippen LogP contribution in [0, 0.1) is 12.7 Å². The van der Waals surface area contributed by atoms with Crippen LogP contribution in [0.4, 0.5) is 10.1 Å². The van der Waals surface area contributed by atoms with E-state index in [4.69, 9.17) is 15.2 Å². The summed E-state index contributed by atoms with van der Waals surface area (Å²) in [4.78, 5) is 9.23. The number of aliphatic hydroxyl groups is 1. The van der Waals surface area contributed by atoms with Crippen molar-refractivity contribution in [3.8, 4) is 28.3 Å². The lowest BCUT2D eigenvalue weighted by atomic mass is 9.98. The zero-order valence-corrected chi connectivity index (χ0v) is 18.9. The number of rotatable bonds is 6. The summed E-state index contributed by atoms with van der Waals surface area (Å²) in [5, 5.41) is 14.6. The van der Waals surface area contributed by atoms with Gasteiger partial charge in [-0.3, -0.25) is 0 Å². The van der Waals surface area contributed by atoms with Crippen molar-refractivity contribution in [3.63, 3.8) is 0 Å². The standard InChI is InChI=1S/C25H26FN5O3/c1-15-10-20(26)21(27)13-18(15)16-11-22(30-23(12-16)33-9-7-32)17-5-6-28-25-19(17)14-29-31(25)24-4-2-3-8-34-24/h5-6,10-14,24,32H,2-4,7-9,27H2,1H3. The Labute approximate surface area is 196 Å². The molecule has 5 rings (SSSR count). The van der Waals surface area contributed by atoms with Gasteiger partial charge in [-0.05, 0) is 67.1 Å². The third kappa shape index (κ3) is 4.20. The van der Waals surface area contributed by atoms with Gasteiger partial charge in [-0.2, -0.15) is 5.10 Å².